The number of methoxy groups -OCH3 is 1. The Morgan fingerprint density at radius 3 is 2.62 bits per heavy atom. The van der Waals surface area contributed by atoms with Crippen molar-refractivity contribution in [2.75, 3.05) is 20.3 Å². The summed E-state index contributed by atoms with van der Waals surface area (Å²) in [6.07, 6.45) is 7.31. The summed E-state index contributed by atoms with van der Waals surface area (Å²) in [5, 5.41) is 0.0733. The molecule has 0 radical (unpaired) electrons. The lowest BCUT2D eigenvalue weighted by molar-refractivity contribution is -0.0103. The summed E-state index contributed by atoms with van der Waals surface area (Å²) in [6.45, 7) is 14.2. The van der Waals surface area contributed by atoms with E-state index in [0.717, 1.165) is 18.4 Å². The lowest BCUT2D eigenvalue weighted by atomic mass is 10.0. The van der Waals surface area contributed by atoms with Gasteiger partial charge in [0.25, 0.3) is 0 Å². The number of cyclic esters (lactones) is 1. The Kier molecular flexibility index (Phi) is 6.74. The average Bonchev–Trinajstić information content (AvgIpc) is 2.91. The van der Waals surface area contributed by atoms with Crippen LogP contribution in [0.3, 0.4) is 0 Å². The Labute approximate surface area is 159 Å². The molecule has 0 saturated carbocycles. The molecule has 2 rings (SSSR count). The van der Waals surface area contributed by atoms with Crippen molar-refractivity contribution in [2.24, 2.45) is 0 Å². The van der Waals surface area contributed by atoms with Gasteiger partial charge in [-0.1, -0.05) is 44.6 Å². The second kappa shape index (κ2) is 8.27. The van der Waals surface area contributed by atoms with Crippen LogP contribution in [0.4, 0.5) is 4.79 Å². The zero-order valence-corrected chi connectivity index (χ0v) is 18.4. The minimum Gasteiger partial charge on any atom is -0.449 e. The molecule has 0 aromatic heterocycles. The van der Waals surface area contributed by atoms with Crippen molar-refractivity contribution < 1.29 is 18.7 Å². The first kappa shape index (κ1) is 21.2. The van der Waals surface area contributed by atoms with Crippen molar-refractivity contribution in [3.05, 3.63) is 23.8 Å². The third-order valence-electron chi connectivity index (χ3n) is 5.71. The van der Waals surface area contributed by atoms with Crippen LogP contribution in [-0.2, 0) is 13.9 Å². The maximum Gasteiger partial charge on any atom is 0.410 e. The Bertz CT molecular complexity index is 565. The summed E-state index contributed by atoms with van der Waals surface area (Å²) in [5.74, 6) is 0. The summed E-state index contributed by atoms with van der Waals surface area (Å²) < 4.78 is 18.1. The van der Waals surface area contributed by atoms with E-state index < -0.39 is 8.32 Å². The van der Waals surface area contributed by atoms with Gasteiger partial charge in [-0.05, 0) is 37.9 Å². The fraction of sp³-hybridized carbons (Fsp3) is 0.750. The Morgan fingerprint density at radius 1 is 1.31 bits per heavy atom. The number of rotatable bonds is 3. The molecule has 0 spiro atoms. The molecule has 2 aliphatic heterocycles. The molecule has 148 valence electrons. The smallest absolute Gasteiger partial charge is 0.410 e. The molecular formula is C20H35NO4Si. The van der Waals surface area contributed by atoms with Gasteiger partial charge in [0.2, 0.25) is 0 Å². The summed E-state index contributed by atoms with van der Waals surface area (Å²) in [7, 11) is -0.344. The summed E-state index contributed by atoms with van der Waals surface area (Å²) in [6, 6.07) is -0.177. The molecule has 3 atom stereocenters. The van der Waals surface area contributed by atoms with Crippen LogP contribution in [0.25, 0.3) is 0 Å². The number of hydrogen-bond acceptors (Lipinski definition) is 4. The molecule has 0 aliphatic carbocycles. The topological polar surface area (TPSA) is 48.0 Å². The highest BCUT2D eigenvalue weighted by molar-refractivity contribution is 6.74. The van der Waals surface area contributed by atoms with Gasteiger partial charge in [-0.2, -0.15) is 0 Å². The van der Waals surface area contributed by atoms with Gasteiger partial charge in [0.05, 0.1) is 18.8 Å². The molecule has 2 aliphatic rings. The number of hydrogen-bond donors (Lipinski definition) is 0. The molecule has 0 aromatic rings. The Balaban J connectivity index is 2.42. The van der Waals surface area contributed by atoms with E-state index in [1.54, 1.807) is 12.0 Å². The van der Waals surface area contributed by atoms with Crippen LogP contribution in [0.2, 0.25) is 18.1 Å². The van der Waals surface area contributed by atoms with Gasteiger partial charge in [-0.3, -0.25) is 4.90 Å². The van der Waals surface area contributed by atoms with Crippen LogP contribution in [-0.4, -0.2) is 57.8 Å². The monoisotopic (exact) mass is 381 g/mol. The highest BCUT2D eigenvalue weighted by Gasteiger charge is 2.45. The molecule has 26 heavy (non-hydrogen) atoms. The zero-order valence-electron chi connectivity index (χ0n) is 17.4. The summed E-state index contributed by atoms with van der Waals surface area (Å²) in [5.41, 5.74) is 1.16. The van der Waals surface area contributed by atoms with E-state index in [1.165, 1.54) is 0 Å². The van der Waals surface area contributed by atoms with Gasteiger partial charge in [-0.25, -0.2) is 4.79 Å². The molecule has 2 heterocycles. The first-order valence-electron chi connectivity index (χ1n) is 9.55. The minimum absolute atomic E-state index is 0.0733. The van der Waals surface area contributed by atoms with Crippen molar-refractivity contribution in [3.8, 4) is 0 Å². The third-order valence-corrected chi connectivity index (χ3v) is 10.2. The quantitative estimate of drug-likeness (QED) is 0.533. The number of carbonyl (C=O) groups is 1. The van der Waals surface area contributed by atoms with E-state index in [1.807, 2.05) is 6.92 Å². The van der Waals surface area contributed by atoms with Crippen molar-refractivity contribution in [3.63, 3.8) is 0 Å². The second-order valence-corrected chi connectivity index (χ2v) is 13.6. The lowest BCUT2D eigenvalue weighted by Gasteiger charge is -2.43. The summed E-state index contributed by atoms with van der Waals surface area (Å²) >= 11 is 0. The van der Waals surface area contributed by atoms with Crippen LogP contribution in [0, 0.1) is 0 Å². The number of ether oxygens (including phenoxy) is 2. The SMILES string of the molecule is CO[C@H]1/C=C/CCCOC(=O)N2CC(C)=C[C@@H]2[C@@H]1O[Si](C)(C)C(C)(C)C. The van der Waals surface area contributed by atoms with E-state index in [-0.39, 0.29) is 29.4 Å². The highest BCUT2D eigenvalue weighted by Crippen LogP contribution is 2.39. The number of carbonyl (C=O) groups excluding carboxylic acids is 1. The van der Waals surface area contributed by atoms with Crippen molar-refractivity contribution in [1.82, 2.24) is 4.90 Å². The van der Waals surface area contributed by atoms with Crippen LogP contribution in [0.15, 0.2) is 23.8 Å². The Morgan fingerprint density at radius 2 is 2.00 bits per heavy atom. The van der Waals surface area contributed by atoms with Gasteiger partial charge in [0.1, 0.15) is 6.10 Å². The highest BCUT2D eigenvalue weighted by atomic mass is 28.4. The average molecular weight is 382 g/mol. The molecule has 0 bridgehead atoms. The molecule has 0 N–H and O–H groups in total. The van der Waals surface area contributed by atoms with Gasteiger partial charge in [0.15, 0.2) is 8.32 Å². The minimum atomic E-state index is -2.06. The molecule has 6 heteroatoms. The van der Waals surface area contributed by atoms with Crippen LogP contribution in [0.1, 0.15) is 40.5 Å². The third kappa shape index (κ3) is 4.78. The van der Waals surface area contributed by atoms with E-state index in [9.17, 15) is 4.79 Å². The standard InChI is InChI=1S/C20H35NO4Si/c1-15-13-16-18(25-26(6,7)20(2,3)4)17(23-5)11-9-8-10-12-24-19(22)21(16)14-15/h9,11,13,16-18H,8,10,12,14H2,1-7H3/b11-9+/t16-,17+,18+/m1/s1. The zero-order chi connectivity index (χ0) is 19.5. The molecule has 0 aromatic carbocycles. The van der Waals surface area contributed by atoms with Crippen molar-refractivity contribution >= 4 is 14.4 Å². The van der Waals surface area contributed by atoms with Crippen LogP contribution >= 0.6 is 0 Å². The van der Waals surface area contributed by atoms with Crippen LogP contribution < -0.4 is 0 Å². The lowest BCUT2D eigenvalue weighted by Crippen LogP contribution is -2.55. The molecule has 1 amide bonds. The number of nitrogens with zero attached hydrogens (tertiary/aromatic N) is 1. The first-order chi connectivity index (χ1) is 12.1. The fourth-order valence-electron chi connectivity index (χ4n) is 3.11. The normalized spacial score (nSPS) is 29.5. The van der Waals surface area contributed by atoms with E-state index in [4.69, 9.17) is 13.9 Å². The molecule has 5 nitrogen and oxygen atoms in total. The predicted molar refractivity (Wildman–Crippen MR) is 107 cm³/mol. The Hall–Kier alpha value is -1.11. The molecular weight excluding hydrogens is 346 g/mol. The maximum absolute atomic E-state index is 12.6. The second-order valence-electron chi connectivity index (χ2n) is 8.86. The van der Waals surface area contributed by atoms with Crippen molar-refractivity contribution in [1.29, 1.82) is 0 Å². The van der Waals surface area contributed by atoms with Crippen molar-refractivity contribution in [2.45, 2.75) is 76.9 Å². The van der Waals surface area contributed by atoms with Gasteiger partial charge in [0, 0.05) is 13.7 Å². The number of allylic oxidation sites excluding steroid dienone is 1. The first-order valence-corrected chi connectivity index (χ1v) is 12.5. The fourth-order valence-corrected chi connectivity index (χ4v) is 4.42. The van der Waals surface area contributed by atoms with E-state index >= 15 is 0 Å². The van der Waals surface area contributed by atoms with Gasteiger partial charge in [-0.15, -0.1) is 0 Å². The molecule has 0 unspecified atom stereocenters. The predicted octanol–water partition coefficient (Wildman–Crippen LogP) is 4.51. The largest absolute Gasteiger partial charge is 0.449 e. The van der Waals surface area contributed by atoms with E-state index in [0.29, 0.717) is 13.2 Å². The summed E-state index contributed by atoms with van der Waals surface area (Å²) in [4.78, 5) is 14.4. The molecule has 0 fully saturated rings. The number of fused-ring (bicyclic) bond motifs is 1. The van der Waals surface area contributed by atoms with Crippen LogP contribution in [0.5, 0.6) is 0 Å². The maximum atomic E-state index is 12.6. The number of amides is 1. The molecule has 0 saturated heterocycles. The van der Waals surface area contributed by atoms with E-state index in [2.05, 4.69) is 52.1 Å². The van der Waals surface area contributed by atoms with Gasteiger partial charge >= 0.3 is 6.09 Å². The van der Waals surface area contributed by atoms with Gasteiger partial charge < -0.3 is 13.9 Å².